The Kier molecular flexibility index (Phi) is 4.25. The summed E-state index contributed by atoms with van der Waals surface area (Å²) in [7, 11) is 0. The smallest absolute Gasteiger partial charge is 0.267 e. The molecule has 3 aromatic rings. The number of thiazole rings is 1. The molecule has 0 unspecified atom stereocenters. The van der Waals surface area contributed by atoms with Crippen LogP contribution in [0.4, 0.5) is 5.69 Å². The zero-order chi connectivity index (χ0) is 16.4. The number of carbonyl (C=O) groups is 1. The number of nitrogens with one attached hydrogen (secondary N) is 2. The summed E-state index contributed by atoms with van der Waals surface area (Å²) in [6, 6.07) is 9.56. The molecule has 0 aliphatic heterocycles. The van der Waals surface area contributed by atoms with E-state index in [0.717, 1.165) is 27.6 Å². The number of anilines is 1. The van der Waals surface area contributed by atoms with Gasteiger partial charge in [0.25, 0.3) is 5.91 Å². The summed E-state index contributed by atoms with van der Waals surface area (Å²) >= 11 is 1.46. The fourth-order valence-corrected chi connectivity index (χ4v) is 3.21. The normalized spacial score (nSPS) is 11.0. The van der Waals surface area contributed by atoms with Crippen LogP contribution in [0.5, 0.6) is 0 Å². The number of hydrogen-bond donors (Lipinski definition) is 2. The van der Waals surface area contributed by atoms with Gasteiger partial charge in [-0.25, -0.2) is 4.98 Å². The molecule has 0 saturated heterocycles. The number of carbonyl (C=O) groups excluding carboxylic acids is 1. The number of aryl methyl sites for hydroxylation is 1. The molecular formula is C17H18N4OS. The van der Waals surface area contributed by atoms with Gasteiger partial charge in [-0.1, -0.05) is 26.0 Å². The number of H-pyrrole nitrogens is 1. The largest absolute Gasteiger partial charge is 0.321 e. The van der Waals surface area contributed by atoms with Gasteiger partial charge in [0.15, 0.2) is 0 Å². The summed E-state index contributed by atoms with van der Waals surface area (Å²) in [5.74, 6) is 0.206. The maximum atomic E-state index is 12.5. The summed E-state index contributed by atoms with van der Waals surface area (Å²) in [6.45, 7) is 6.03. The van der Waals surface area contributed by atoms with Crippen molar-refractivity contribution in [3.05, 3.63) is 52.1 Å². The van der Waals surface area contributed by atoms with Crippen molar-refractivity contribution < 1.29 is 4.79 Å². The third-order valence-electron chi connectivity index (χ3n) is 3.45. The molecule has 2 heterocycles. The van der Waals surface area contributed by atoms with Crippen molar-refractivity contribution >= 4 is 22.9 Å². The lowest BCUT2D eigenvalue weighted by Crippen LogP contribution is -2.11. The van der Waals surface area contributed by atoms with Crippen LogP contribution in [0.1, 0.15) is 40.1 Å². The number of aromatic amines is 1. The maximum absolute atomic E-state index is 12.5. The first kappa shape index (κ1) is 15.4. The second kappa shape index (κ2) is 6.34. The first-order chi connectivity index (χ1) is 11.0. The standard InChI is InChI=1S/C17H18N4OS/c1-10(2)17-19-11(3)15(23-17)16(22)20-13-6-4-5-12(9-13)14-7-8-18-21-14/h4-10H,1-3H3,(H,18,21)(H,20,22). The van der Waals surface area contributed by atoms with Crippen LogP contribution in [0, 0.1) is 6.92 Å². The van der Waals surface area contributed by atoms with E-state index in [1.165, 1.54) is 11.3 Å². The summed E-state index contributed by atoms with van der Waals surface area (Å²) in [4.78, 5) is 17.7. The average Bonchev–Trinajstić information content (AvgIpc) is 3.16. The van der Waals surface area contributed by atoms with Gasteiger partial charge in [-0.05, 0) is 25.1 Å². The molecular weight excluding hydrogens is 308 g/mol. The number of aromatic nitrogens is 3. The molecule has 5 nitrogen and oxygen atoms in total. The van der Waals surface area contributed by atoms with Crippen molar-refractivity contribution in [2.24, 2.45) is 0 Å². The second-order valence-corrected chi connectivity index (χ2v) is 6.66. The SMILES string of the molecule is Cc1nc(C(C)C)sc1C(=O)Nc1cccc(-c2ccn[nH]2)c1. The van der Waals surface area contributed by atoms with Gasteiger partial charge in [-0.15, -0.1) is 11.3 Å². The summed E-state index contributed by atoms with van der Waals surface area (Å²) in [5, 5.41) is 10.8. The predicted octanol–water partition coefficient (Wildman–Crippen LogP) is 4.22. The minimum absolute atomic E-state index is 0.117. The van der Waals surface area contributed by atoms with Gasteiger partial charge < -0.3 is 5.32 Å². The van der Waals surface area contributed by atoms with Gasteiger partial charge >= 0.3 is 0 Å². The molecule has 2 N–H and O–H groups in total. The van der Waals surface area contributed by atoms with Gasteiger partial charge in [0.2, 0.25) is 0 Å². The Balaban J connectivity index is 1.82. The van der Waals surface area contributed by atoms with Crippen LogP contribution >= 0.6 is 11.3 Å². The average molecular weight is 326 g/mol. The molecule has 0 bridgehead atoms. The predicted molar refractivity (Wildman–Crippen MR) is 92.9 cm³/mol. The van der Waals surface area contributed by atoms with Crippen LogP contribution in [0.25, 0.3) is 11.3 Å². The quantitative estimate of drug-likeness (QED) is 0.754. The second-order valence-electron chi connectivity index (χ2n) is 5.63. The van der Waals surface area contributed by atoms with Gasteiger partial charge in [0, 0.05) is 23.4 Å². The molecule has 6 heteroatoms. The Hall–Kier alpha value is -2.47. The minimum atomic E-state index is -0.117. The highest BCUT2D eigenvalue weighted by Crippen LogP contribution is 2.26. The van der Waals surface area contributed by atoms with E-state index < -0.39 is 0 Å². The number of benzene rings is 1. The number of amides is 1. The molecule has 0 saturated carbocycles. The highest BCUT2D eigenvalue weighted by molar-refractivity contribution is 7.14. The topological polar surface area (TPSA) is 70.7 Å². The first-order valence-corrected chi connectivity index (χ1v) is 8.24. The Morgan fingerprint density at radius 2 is 2.13 bits per heavy atom. The van der Waals surface area contributed by atoms with E-state index in [4.69, 9.17) is 0 Å². The van der Waals surface area contributed by atoms with Gasteiger partial charge in [0.05, 0.1) is 16.4 Å². The summed E-state index contributed by atoms with van der Waals surface area (Å²) in [6.07, 6.45) is 1.70. The Morgan fingerprint density at radius 3 is 2.78 bits per heavy atom. The molecule has 23 heavy (non-hydrogen) atoms. The molecule has 1 aromatic carbocycles. The first-order valence-electron chi connectivity index (χ1n) is 7.43. The minimum Gasteiger partial charge on any atom is -0.321 e. The van der Waals surface area contributed by atoms with E-state index in [1.54, 1.807) is 6.20 Å². The molecule has 0 atom stereocenters. The molecule has 118 valence electrons. The highest BCUT2D eigenvalue weighted by Gasteiger charge is 2.17. The van der Waals surface area contributed by atoms with Crippen molar-refractivity contribution in [1.82, 2.24) is 15.2 Å². The van der Waals surface area contributed by atoms with Crippen LogP contribution in [-0.4, -0.2) is 21.1 Å². The fraction of sp³-hybridized carbons (Fsp3) is 0.235. The molecule has 0 fully saturated rings. The van der Waals surface area contributed by atoms with Gasteiger partial charge in [-0.2, -0.15) is 5.10 Å². The van der Waals surface area contributed by atoms with Crippen LogP contribution in [0.3, 0.4) is 0 Å². The Morgan fingerprint density at radius 1 is 1.30 bits per heavy atom. The van der Waals surface area contributed by atoms with E-state index in [0.29, 0.717) is 10.8 Å². The Labute approximate surface area is 138 Å². The molecule has 0 spiro atoms. The lowest BCUT2D eigenvalue weighted by molar-refractivity contribution is 0.103. The molecule has 2 aromatic heterocycles. The van der Waals surface area contributed by atoms with Crippen LogP contribution in [-0.2, 0) is 0 Å². The van der Waals surface area contributed by atoms with E-state index in [-0.39, 0.29) is 5.91 Å². The van der Waals surface area contributed by atoms with E-state index >= 15 is 0 Å². The van der Waals surface area contributed by atoms with E-state index in [9.17, 15) is 4.79 Å². The molecule has 0 radical (unpaired) electrons. The van der Waals surface area contributed by atoms with Crippen molar-refractivity contribution in [3.63, 3.8) is 0 Å². The molecule has 1 amide bonds. The lowest BCUT2D eigenvalue weighted by atomic mass is 10.1. The fourth-order valence-electron chi connectivity index (χ4n) is 2.24. The zero-order valence-corrected chi connectivity index (χ0v) is 14.1. The van der Waals surface area contributed by atoms with Crippen molar-refractivity contribution in [3.8, 4) is 11.3 Å². The monoisotopic (exact) mass is 326 g/mol. The van der Waals surface area contributed by atoms with Gasteiger partial charge in [0.1, 0.15) is 4.88 Å². The van der Waals surface area contributed by atoms with Crippen molar-refractivity contribution in [2.45, 2.75) is 26.7 Å². The van der Waals surface area contributed by atoms with Crippen LogP contribution in [0.2, 0.25) is 0 Å². The Bertz CT molecular complexity index is 821. The van der Waals surface area contributed by atoms with E-state index in [1.807, 2.05) is 37.3 Å². The zero-order valence-electron chi connectivity index (χ0n) is 13.3. The molecule has 0 aliphatic carbocycles. The summed E-state index contributed by atoms with van der Waals surface area (Å²) < 4.78 is 0. The summed E-state index contributed by atoms with van der Waals surface area (Å²) in [5.41, 5.74) is 3.42. The lowest BCUT2D eigenvalue weighted by Gasteiger charge is -2.06. The van der Waals surface area contributed by atoms with Crippen LogP contribution in [0.15, 0.2) is 36.5 Å². The molecule has 0 aliphatic rings. The van der Waals surface area contributed by atoms with Crippen molar-refractivity contribution in [1.29, 1.82) is 0 Å². The number of rotatable bonds is 4. The number of hydrogen-bond acceptors (Lipinski definition) is 4. The van der Waals surface area contributed by atoms with E-state index in [2.05, 4.69) is 34.3 Å². The molecule has 3 rings (SSSR count). The third kappa shape index (κ3) is 3.32. The van der Waals surface area contributed by atoms with Gasteiger partial charge in [-0.3, -0.25) is 9.89 Å². The third-order valence-corrected chi connectivity index (χ3v) is 4.90. The van der Waals surface area contributed by atoms with Crippen LogP contribution < -0.4 is 5.32 Å². The maximum Gasteiger partial charge on any atom is 0.267 e. The number of nitrogens with zero attached hydrogens (tertiary/aromatic N) is 2. The van der Waals surface area contributed by atoms with Crippen molar-refractivity contribution in [2.75, 3.05) is 5.32 Å². The highest BCUT2D eigenvalue weighted by atomic mass is 32.1.